The Balaban J connectivity index is 1.28. The molecule has 0 amide bonds. The number of hydrogen-bond donors (Lipinski definition) is 1. The summed E-state index contributed by atoms with van der Waals surface area (Å²) in [7, 11) is 0. The second kappa shape index (κ2) is 11.7. The van der Waals surface area contributed by atoms with Crippen molar-refractivity contribution >= 4 is 17.0 Å². The van der Waals surface area contributed by atoms with E-state index in [-0.39, 0.29) is 41.4 Å². The Hall–Kier alpha value is -5.35. The van der Waals surface area contributed by atoms with E-state index >= 15 is 8.78 Å². The van der Waals surface area contributed by atoms with Crippen molar-refractivity contribution < 1.29 is 36.9 Å². The Morgan fingerprint density at radius 2 is 1.82 bits per heavy atom. The number of carboxylic acid groups (broad SMARTS) is 1. The van der Waals surface area contributed by atoms with E-state index in [2.05, 4.69) is 15.0 Å². The predicted molar refractivity (Wildman–Crippen MR) is 147 cm³/mol. The van der Waals surface area contributed by atoms with Crippen molar-refractivity contribution in [1.82, 2.24) is 19.5 Å². The summed E-state index contributed by atoms with van der Waals surface area (Å²) in [6.07, 6.45) is 1.24. The smallest absolute Gasteiger partial charge is 0.335 e. The molecule has 44 heavy (non-hydrogen) atoms. The lowest BCUT2D eigenvalue weighted by Crippen LogP contribution is -2.31. The van der Waals surface area contributed by atoms with Crippen LogP contribution in [0.15, 0.2) is 54.7 Å². The quantitative estimate of drug-likeness (QED) is 0.217. The third kappa shape index (κ3) is 5.67. The molecular formula is C31H21F4N5O4. The first-order valence-electron chi connectivity index (χ1n) is 13.4. The first-order valence-corrected chi connectivity index (χ1v) is 13.4. The molecule has 0 saturated carbocycles. The van der Waals surface area contributed by atoms with Crippen molar-refractivity contribution in [3.63, 3.8) is 0 Å². The van der Waals surface area contributed by atoms with Crippen molar-refractivity contribution in [1.29, 1.82) is 5.26 Å². The Morgan fingerprint density at radius 3 is 2.52 bits per heavy atom. The summed E-state index contributed by atoms with van der Waals surface area (Å²) >= 11 is 0. The fourth-order valence-corrected chi connectivity index (χ4v) is 4.84. The number of ether oxygens (including phenoxy) is 2. The van der Waals surface area contributed by atoms with Crippen molar-refractivity contribution in [2.45, 2.75) is 32.1 Å². The molecule has 1 atom stereocenters. The minimum atomic E-state index is -1.11. The van der Waals surface area contributed by atoms with Crippen LogP contribution >= 0.6 is 0 Å². The standard InChI is InChI=1S/C31H21F4N5O4/c32-22-7-16(12-36)1-2-18(22)15-44-31-37-13-25(35)29(39-31)21-11-23(33)19(8-24(21)34)10-28-38-26-4-3-17(30(41)42)9-27(26)40(28)14-20-5-6-43-20/h1-4,7-9,11,13,20H,5-6,10,14-15H2,(H,41,42)/t20-/m0/s1. The van der Waals surface area contributed by atoms with Gasteiger partial charge in [-0.15, -0.1) is 0 Å². The molecule has 6 rings (SSSR count). The highest BCUT2D eigenvalue weighted by molar-refractivity contribution is 5.92. The molecule has 1 aliphatic heterocycles. The first kappa shape index (κ1) is 28.8. The average Bonchev–Trinajstić information content (AvgIpc) is 3.32. The number of carboxylic acids is 1. The Bertz CT molecular complexity index is 1970. The van der Waals surface area contributed by atoms with Gasteiger partial charge < -0.3 is 19.1 Å². The summed E-state index contributed by atoms with van der Waals surface area (Å²) in [5, 5.41) is 18.3. The van der Waals surface area contributed by atoms with Crippen LogP contribution in [0.25, 0.3) is 22.3 Å². The van der Waals surface area contributed by atoms with Crippen LogP contribution in [-0.2, 0) is 24.3 Å². The number of halogens is 4. The third-order valence-corrected chi connectivity index (χ3v) is 7.25. The van der Waals surface area contributed by atoms with Gasteiger partial charge in [0, 0.05) is 24.2 Å². The number of nitriles is 1. The maximum absolute atomic E-state index is 15.4. The lowest BCUT2D eigenvalue weighted by atomic mass is 10.0. The van der Waals surface area contributed by atoms with Gasteiger partial charge in [-0.25, -0.2) is 32.3 Å². The topological polar surface area (TPSA) is 123 Å². The molecule has 0 bridgehead atoms. The van der Waals surface area contributed by atoms with E-state index in [0.717, 1.165) is 30.8 Å². The predicted octanol–water partition coefficient (Wildman–Crippen LogP) is 5.58. The maximum atomic E-state index is 15.4. The zero-order valence-electron chi connectivity index (χ0n) is 22.7. The largest absolute Gasteiger partial charge is 0.478 e. The number of aromatic nitrogens is 4. The van der Waals surface area contributed by atoms with Gasteiger partial charge in [-0.3, -0.25) is 0 Å². The average molecular weight is 604 g/mol. The minimum absolute atomic E-state index is 0.0542. The number of fused-ring (bicyclic) bond motifs is 1. The lowest BCUT2D eigenvalue weighted by Gasteiger charge is -2.27. The Labute approximate surface area is 247 Å². The number of carbonyl (C=O) groups is 1. The van der Waals surface area contributed by atoms with Gasteiger partial charge in [0.25, 0.3) is 0 Å². The Kier molecular flexibility index (Phi) is 7.67. The lowest BCUT2D eigenvalue weighted by molar-refractivity contribution is -0.0589. The van der Waals surface area contributed by atoms with Crippen LogP contribution in [0.2, 0.25) is 0 Å². The SMILES string of the molecule is N#Cc1ccc(COc2ncc(F)c(-c3cc(F)c(Cc4nc5ccc(C(=O)O)cc5n4C[C@@H]4CCO4)cc3F)n2)c(F)c1. The van der Waals surface area contributed by atoms with Gasteiger partial charge in [0.15, 0.2) is 5.82 Å². The van der Waals surface area contributed by atoms with Crippen molar-refractivity contribution in [3.05, 3.63) is 106 Å². The molecule has 1 saturated heterocycles. The van der Waals surface area contributed by atoms with Crippen molar-refractivity contribution in [2.75, 3.05) is 6.61 Å². The number of rotatable bonds is 9. The molecule has 9 nitrogen and oxygen atoms in total. The highest BCUT2D eigenvalue weighted by Crippen LogP contribution is 2.30. The van der Waals surface area contributed by atoms with Crippen LogP contribution in [0.5, 0.6) is 6.01 Å². The monoisotopic (exact) mass is 603 g/mol. The second-order valence-corrected chi connectivity index (χ2v) is 10.1. The number of nitrogens with zero attached hydrogens (tertiary/aromatic N) is 5. The molecule has 0 unspecified atom stereocenters. The van der Waals surface area contributed by atoms with E-state index in [1.807, 2.05) is 6.07 Å². The molecule has 1 aliphatic rings. The van der Waals surface area contributed by atoms with E-state index in [9.17, 15) is 18.7 Å². The second-order valence-electron chi connectivity index (χ2n) is 10.1. The molecule has 3 heterocycles. The van der Waals surface area contributed by atoms with Gasteiger partial charge in [-0.2, -0.15) is 10.2 Å². The summed E-state index contributed by atoms with van der Waals surface area (Å²) in [6.45, 7) is 0.574. The van der Waals surface area contributed by atoms with Crippen molar-refractivity contribution in [2.24, 2.45) is 0 Å². The summed E-state index contributed by atoms with van der Waals surface area (Å²) in [5.41, 5.74) is 0.134. The zero-order valence-corrected chi connectivity index (χ0v) is 22.7. The summed E-state index contributed by atoms with van der Waals surface area (Å²) in [6, 6.07) is 11.3. The molecule has 1 fully saturated rings. The fraction of sp³-hybridized carbons (Fsp3) is 0.194. The number of aromatic carboxylic acids is 1. The summed E-state index contributed by atoms with van der Waals surface area (Å²) in [5.74, 6) is -4.32. The van der Waals surface area contributed by atoms with Gasteiger partial charge >= 0.3 is 12.0 Å². The molecule has 0 radical (unpaired) electrons. The molecule has 2 aromatic heterocycles. The van der Waals surface area contributed by atoms with Crippen LogP contribution in [0.4, 0.5) is 17.6 Å². The van der Waals surface area contributed by atoms with E-state index < -0.39 is 46.5 Å². The molecule has 222 valence electrons. The van der Waals surface area contributed by atoms with Crippen LogP contribution < -0.4 is 4.74 Å². The highest BCUT2D eigenvalue weighted by Gasteiger charge is 2.24. The van der Waals surface area contributed by atoms with Crippen molar-refractivity contribution in [3.8, 4) is 23.3 Å². The molecule has 3 aromatic carbocycles. The molecule has 5 aromatic rings. The number of hydrogen-bond acceptors (Lipinski definition) is 7. The van der Waals surface area contributed by atoms with E-state index in [1.165, 1.54) is 24.3 Å². The van der Waals surface area contributed by atoms with Crippen LogP contribution in [0.3, 0.4) is 0 Å². The number of benzene rings is 3. The third-order valence-electron chi connectivity index (χ3n) is 7.25. The minimum Gasteiger partial charge on any atom is -0.478 e. The Morgan fingerprint density at radius 1 is 1.02 bits per heavy atom. The van der Waals surface area contributed by atoms with E-state index in [0.29, 0.717) is 30.0 Å². The van der Waals surface area contributed by atoms with Gasteiger partial charge in [-0.05, 0) is 54.4 Å². The van der Waals surface area contributed by atoms with Gasteiger partial charge in [0.1, 0.15) is 35.6 Å². The number of imidazole rings is 1. The van der Waals surface area contributed by atoms with Crippen LogP contribution in [0.1, 0.15) is 39.3 Å². The first-order chi connectivity index (χ1) is 21.2. The van der Waals surface area contributed by atoms with Crippen LogP contribution in [-0.4, -0.2) is 43.3 Å². The maximum Gasteiger partial charge on any atom is 0.335 e. The molecular weight excluding hydrogens is 582 g/mol. The molecule has 1 N–H and O–H groups in total. The van der Waals surface area contributed by atoms with Gasteiger partial charge in [-0.1, -0.05) is 6.07 Å². The van der Waals surface area contributed by atoms with E-state index in [4.69, 9.17) is 14.7 Å². The molecule has 13 heteroatoms. The fourth-order valence-electron chi connectivity index (χ4n) is 4.84. The van der Waals surface area contributed by atoms with Gasteiger partial charge in [0.2, 0.25) is 0 Å². The van der Waals surface area contributed by atoms with Crippen LogP contribution in [0, 0.1) is 34.6 Å². The zero-order chi connectivity index (χ0) is 31.0. The summed E-state index contributed by atoms with van der Waals surface area (Å²) < 4.78 is 72.4. The summed E-state index contributed by atoms with van der Waals surface area (Å²) in [4.78, 5) is 23.7. The normalized spacial score (nSPS) is 14.3. The van der Waals surface area contributed by atoms with E-state index in [1.54, 1.807) is 10.6 Å². The van der Waals surface area contributed by atoms with Gasteiger partial charge in [0.05, 0.1) is 47.1 Å². The molecule has 0 aliphatic carbocycles. The molecule has 0 spiro atoms. The highest BCUT2D eigenvalue weighted by atomic mass is 19.1.